The topological polar surface area (TPSA) is 38.3 Å². The van der Waals surface area contributed by atoms with E-state index in [2.05, 4.69) is 19.2 Å². The fraction of sp³-hybridized carbons (Fsp3) is 0.917. The molecule has 0 amide bonds. The molecule has 0 aromatic heterocycles. The molecular formula is C12H25NO2. The first-order valence-corrected chi connectivity index (χ1v) is 6.09. The van der Waals surface area contributed by atoms with E-state index in [9.17, 15) is 4.79 Å². The molecule has 0 saturated heterocycles. The minimum atomic E-state index is -0.106. The predicted octanol–water partition coefficient (Wildman–Crippen LogP) is 2.50. The van der Waals surface area contributed by atoms with Gasteiger partial charge in [0, 0.05) is 12.6 Å². The normalized spacial score (nSPS) is 12.5. The number of nitrogens with one attached hydrogen (secondary N) is 1. The molecule has 0 aliphatic heterocycles. The van der Waals surface area contributed by atoms with Crippen LogP contribution in [0.1, 0.15) is 52.9 Å². The zero-order valence-corrected chi connectivity index (χ0v) is 10.3. The minimum absolute atomic E-state index is 0.106. The molecule has 0 heterocycles. The maximum absolute atomic E-state index is 11.0. The molecule has 15 heavy (non-hydrogen) atoms. The Bertz CT molecular complexity index is 160. The molecule has 0 fully saturated rings. The monoisotopic (exact) mass is 215 g/mol. The molecule has 0 spiro atoms. The van der Waals surface area contributed by atoms with E-state index >= 15 is 0 Å². The molecule has 0 rings (SSSR count). The highest BCUT2D eigenvalue weighted by Gasteiger charge is 2.03. The first kappa shape index (κ1) is 14.4. The molecule has 0 bridgehead atoms. The summed E-state index contributed by atoms with van der Waals surface area (Å²) in [7, 11) is 0. The summed E-state index contributed by atoms with van der Waals surface area (Å²) in [4.78, 5) is 11.0. The largest absolute Gasteiger partial charge is 0.466 e. The van der Waals surface area contributed by atoms with Crippen molar-refractivity contribution in [1.82, 2.24) is 5.32 Å². The lowest BCUT2D eigenvalue weighted by Gasteiger charge is -2.12. The van der Waals surface area contributed by atoms with Gasteiger partial charge in [0.05, 0.1) is 13.0 Å². The van der Waals surface area contributed by atoms with Crippen LogP contribution in [0.15, 0.2) is 0 Å². The molecule has 3 heteroatoms. The molecule has 3 nitrogen and oxygen atoms in total. The molecule has 0 aromatic rings. The Hall–Kier alpha value is -0.570. The fourth-order valence-corrected chi connectivity index (χ4v) is 1.46. The highest BCUT2D eigenvalue weighted by Crippen LogP contribution is 2.02. The van der Waals surface area contributed by atoms with Crippen LogP contribution in [-0.4, -0.2) is 25.2 Å². The Morgan fingerprint density at radius 3 is 2.67 bits per heavy atom. The maximum Gasteiger partial charge on any atom is 0.307 e. The number of hydrogen-bond acceptors (Lipinski definition) is 3. The molecule has 0 aromatic carbocycles. The minimum Gasteiger partial charge on any atom is -0.466 e. The highest BCUT2D eigenvalue weighted by molar-refractivity contribution is 5.69. The van der Waals surface area contributed by atoms with E-state index < -0.39 is 0 Å². The summed E-state index contributed by atoms with van der Waals surface area (Å²) in [6.45, 7) is 7.41. The van der Waals surface area contributed by atoms with Gasteiger partial charge in [0.2, 0.25) is 0 Å². The second kappa shape index (κ2) is 9.97. The molecule has 1 N–H and O–H groups in total. The predicted molar refractivity (Wildman–Crippen MR) is 62.9 cm³/mol. The molecule has 0 saturated carbocycles. The maximum atomic E-state index is 11.0. The summed E-state index contributed by atoms with van der Waals surface area (Å²) in [6, 6.07) is 0.506. The van der Waals surface area contributed by atoms with Crippen molar-refractivity contribution in [2.45, 2.75) is 58.9 Å². The lowest BCUT2D eigenvalue weighted by atomic mass is 10.1. The summed E-state index contributed by atoms with van der Waals surface area (Å²) in [5.74, 6) is -0.106. The number of rotatable bonds is 9. The zero-order valence-electron chi connectivity index (χ0n) is 10.3. The third-order valence-electron chi connectivity index (χ3n) is 2.37. The van der Waals surface area contributed by atoms with Gasteiger partial charge >= 0.3 is 5.97 Å². The van der Waals surface area contributed by atoms with Gasteiger partial charge in [0.1, 0.15) is 0 Å². The Balaban J connectivity index is 3.30. The lowest BCUT2D eigenvalue weighted by Crippen LogP contribution is -2.28. The Kier molecular flexibility index (Phi) is 9.59. The van der Waals surface area contributed by atoms with Crippen molar-refractivity contribution in [3.63, 3.8) is 0 Å². The van der Waals surface area contributed by atoms with E-state index in [1.165, 1.54) is 25.7 Å². The summed E-state index contributed by atoms with van der Waals surface area (Å²) < 4.78 is 4.84. The van der Waals surface area contributed by atoms with Gasteiger partial charge in [-0.3, -0.25) is 4.79 Å². The Morgan fingerprint density at radius 1 is 1.33 bits per heavy atom. The van der Waals surface area contributed by atoms with Gasteiger partial charge in [-0.15, -0.1) is 0 Å². The Labute approximate surface area is 93.6 Å². The highest BCUT2D eigenvalue weighted by atomic mass is 16.5. The van der Waals surface area contributed by atoms with Gasteiger partial charge in [0.25, 0.3) is 0 Å². The number of carbonyl (C=O) groups excluding carboxylic acids is 1. The second-order valence-electron chi connectivity index (χ2n) is 3.91. The van der Waals surface area contributed by atoms with Gasteiger partial charge in [-0.05, 0) is 20.3 Å². The van der Waals surface area contributed by atoms with E-state index in [1.54, 1.807) is 0 Å². The van der Waals surface area contributed by atoms with Gasteiger partial charge in [-0.2, -0.15) is 0 Å². The zero-order chi connectivity index (χ0) is 11.5. The summed E-state index contributed by atoms with van der Waals surface area (Å²) in [6.07, 6.45) is 5.49. The SMILES string of the molecule is CCCCCC(C)NCCC(=O)OCC. The second-order valence-corrected chi connectivity index (χ2v) is 3.91. The smallest absolute Gasteiger partial charge is 0.307 e. The average Bonchev–Trinajstić information content (AvgIpc) is 2.18. The molecule has 0 radical (unpaired) electrons. The van der Waals surface area contributed by atoms with Crippen molar-refractivity contribution in [2.24, 2.45) is 0 Å². The average molecular weight is 215 g/mol. The van der Waals surface area contributed by atoms with E-state index in [4.69, 9.17) is 4.74 Å². The summed E-state index contributed by atoms with van der Waals surface area (Å²) >= 11 is 0. The third-order valence-corrected chi connectivity index (χ3v) is 2.37. The van der Waals surface area contributed by atoms with Crippen LogP contribution in [0.2, 0.25) is 0 Å². The first-order valence-electron chi connectivity index (χ1n) is 6.09. The Morgan fingerprint density at radius 2 is 2.07 bits per heavy atom. The van der Waals surface area contributed by atoms with Crippen molar-refractivity contribution in [3.05, 3.63) is 0 Å². The third kappa shape index (κ3) is 9.73. The van der Waals surface area contributed by atoms with Crippen molar-refractivity contribution in [2.75, 3.05) is 13.2 Å². The van der Waals surface area contributed by atoms with Gasteiger partial charge in [-0.1, -0.05) is 26.2 Å². The summed E-state index contributed by atoms with van der Waals surface area (Å²) in [5, 5.41) is 3.33. The molecule has 0 aliphatic rings. The van der Waals surface area contributed by atoms with Gasteiger partial charge < -0.3 is 10.1 Å². The molecule has 1 atom stereocenters. The van der Waals surface area contributed by atoms with E-state index in [0.29, 0.717) is 19.1 Å². The van der Waals surface area contributed by atoms with Crippen LogP contribution in [0.5, 0.6) is 0 Å². The van der Waals surface area contributed by atoms with E-state index in [-0.39, 0.29) is 5.97 Å². The standard InChI is InChI=1S/C12H25NO2/c1-4-6-7-8-11(3)13-10-9-12(14)15-5-2/h11,13H,4-10H2,1-3H3. The van der Waals surface area contributed by atoms with Crippen molar-refractivity contribution >= 4 is 5.97 Å². The van der Waals surface area contributed by atoms with Crippen LogP contribution < -0.4 is 5.32 Å². The quantitative estimate of drug-likeness (QED) is 0.474. The number of ether oxygens (including phenoxy) is 1. The van der Waals surface area contributed by atoms with Crippen LogP contribution in [-0.2, 0) is 9.53 Å². The summed E-state index contributed by atoms with van der Waals surface area (Å²) in [5.41, 5.74) is 0. The van der Waals surface area contributed by atoms with E-state index in [1.807, 2.05) is 6.92 Å². The van der Waals surface area contributed by atoms with Gasteiger partial charge in [-0.25, -0.2) is 0 Å². The number of carbonyl (C=O) groups is 1. The van der Waals surface area contributed by atoms with E-state index in [0.717, 1.165) is 6.54 Å². The fourth-order valence-electron chi connectivity index (χ4n) is 1.46. The molecule has 1 unspecified atom stereocenters. The van der Waals surface area contributed by atoms with Crippen molar-refractivity contribution in [3.8, 4) is 0 Å². The molecular weight excluding hydrogens is 190 g/mol. The van der Waals surface area contributed by atoms with Crippen LogP contribution >= 0.6 is 0 Å². The van der Waals surface area contributed by atoms with Gasteiger partial charge in [0.15, 0.2) is 0 Å². The molecule has 90 valence electrons. The lowest BCUT2D eigenvalue weighted by molar-refractivity contribution is -0.142. The molecule has 0 aliphatic carbocycles. The van der Waals surface area contributed by atoms with Crippen LogP contribution in [0.4, 0.5) is 0 Å². The number of unbranched alkanes of at least 4 members (excludes halogenated alkanes) is 2. The van der Waals surface area contributed by atoms with Crippen LogP contribution in [0, 0.1) is 0 Å². The van der Waals surface area contributed by atoms with Crippen LogP contribution in [0.3, 0.4) is 0 Å². The van der Waals surface area contributed by atoms with Crippen molar-refractivity contribution < 1.29 is 9.53 Å². The first-order chi connectivity index (χ1) is 7.20. The van der Waals surface area contributed by atoms with Crippen molar-refractivity contribution in [1.29, 1.82) is 0 Å². The van der Waals surface area contributed by atoms with Crippen LogP contribution in [0.25, 0.3) is 0 Å². The number of esters is 1. The number of hydrogen-bond donors (Lipinski definition) is 1.